The zero-order valence-corrected chi connectivity index (χ0v) is 8.64. The van der Waals surface area contributed by atoms with Gasteiger partial charge in [-0.3, -0.25) is 9.63 Å². The van der Waals surface area contributed by atoms with Crippen LogP contribution in [0.15, 0.2) is 41.1 Å². The maximum Gasteiger partial charge on any atom is 0.297 e. The number of hydrogen-bond acceptors (Lipinski definition) is 4. The number of benzene rings is 1. The summed E-state index contributed by atoms with van der Waals surface area (Å²) in [5.41, 5.74) is 3.19. The number of nitrogens with one attached hydrogen (secondary N) is 1. The summed E-state index contributed by atoms with van der Waals surface area (Å²) in [6.45, 7) is 0. The van der Waals surface area contributed by atoms with Crippen molar-refractivity contribution in [3.8, 4) is 11.3 Å². The Labute approximate surface area is 92.0 Å². The van der Waals surface area contributed by atoms with Gasteiger partial charge in [-0.15, -0.1) is 0 Å². The molecular weight excluding hydrogens is 208 g/mol. The lowest BCUT2D eigenvalue weighted by Gasteiger charge is -2.01. The molecule has 1 aromatic heterocycles. The molecule has 0 aliphatic carbocycles. The van der Waals surface area contributed by atoms with E-state index in [2.05, 4.69) is 15.3 Å². The fraction of sp³-hybridized carbons (Fsp3) is 0.0909. The minimum Gasteiger partial charge on any atom is -0.443 e. The maximum atomic E-state index is 11.5. The van der Waals surface area contributed by atoms with Crippen molar-refractivity contribution in [2.45, 2.75) is 0 Å². The fourth-order valence-corrected chi connectivity index (χ4v) is 1.34. The van der Waals surface area contributed by atoms with Gasteiger partial charge in [0.2, 0.25) is 0 Å². The Morgan fingerprint density at radius 3 is 2.81 bits per heavy atom. The number of carbonyl (C=O) groups excluding carboxylic acids is 1. The summed E-state index contributed by atoms with van der Waals surface area (Å²) >= 11 is 0. The van der Waals surface area contributed by atoms with Crippen LogP contribution in [0.3, 0.4) is 0 Å². The van der Waals surface area contributed by atoms with Crippen molar-refractivity contribution < 1.29 is 14.0 Å². The second-order valence-corrected chi connectivity index (χ2v) is 3.03. The van der Waals surface area contributed by atoms with E-state index in [1.165, 1.54) is 13.5 Å². The highest BCUT2D eigenvalue weighted by atomic mass is 16.6. The molecule has 0 saturated heterocycles. The molecule has 16 heavy (non-hydrogen) atoms. The van der Waals surface area contributed by atoms with E-state index in [0.29, 0.717) is 5.76 Å². The minimum atomic E-state index is -0.435. The monoisotopic (exact) mass is 218 g/mol. The molecule has 1 N–H and O–H groups in total. The van der Waals surface area contributed by atoms with E-state index in [1.807, 2.05) is 30.3 Å². The van der Waals surface area contributed by atoms with Crippen molar-refractivity contribution in [1.29, 1.82) is 0 Å². The summed E-state index contributed by atoms with van der Waals surface area (Å²) in [6, 6.07) is 9.27. The van der Waals surface area contributed by atoms with Crippen LogP contribution in [0.1, 0.15) is 10.5 Å². The van der Waals surface area contributed by atoms with Crippen LogP contribution in [0.4, 0.5) is 0 Å². The summed E-state index contributed by atoms with van der Waals surface area (Å²) in [7, 11) is 1.36. The Morgan fingerprint density at radius 2 is 2.12 bits per heavy atom. The van der Waals surface area contributed by atoms with E-state index in [4.69, 9.17) is 4.42 Å². The van der Waals surface area contributed by atoms with Crippen LogP contribution in [0.25, 0.3) is 11.3 Å². The Bertz CT molecular complexity index is 479. The van der Waals surface area contributed by atoms with Crippen LogP contribution in [-0.4, -0.2) is 18.0 Å². The highest BCUT2D eigenvalue weighted by Crippen LogP contribution is 2.22. The SMILES string of the molecule is CONC(=O)c1ncoc1-c1ccccc1. The van der Waals surface area contributed by atoms with E-state index < -0.39 is 5.91 Å². The second kappa shape index (κ2) is 4.59. The van der Waals surface area contributed by atoms with E-state index in [0.717, 1.165) is 5.56 Å². The molecule has 0 saturated carbocycles. The molecule has 1 heterocycles. The van der Waals surface area contributed by atoms with E-state index >= 15 is 0 Å². The molecule has 5 nitrogen and oxygen atoms in total. The quantitative estimate of drug-likeness (QED) is 0.795. The van der Waals surface area contributed by atoms with Gasteiger partial charge in [0.25, 0.3) is 5.91 Å². The molecule has 0 unspecified atom stereocenters. The third kappa shape index (κ3) is 1.94. The van der Waals surface area contributed by atoms with Crippen LogP contribution >= 0.6 is 0 Å². The van der Waals surface area contributed by atoms with E-state index in [-0.39, 0.29) is 5.69 Å². The minimum absolute atomic E-state index is 0.202. The Morgan fingerprint density at radius 1 is 1.38 bits per heavy atom. The predicted octanol–water partition coefficient (Wildman–Crippen LogP) is 1.63. The summed E-state index contributed by atoms with van der Waals surface area (Å²) in [5.74, 6) is -0.00902. The number of carbonyl (C=O) groups is 1. The van der Waals surface area contributed by atoms with Gasteiger partial charge in [-0.05, 0) is 0 Å². The molecule has 5 heteroatoms. The highest BCUT2D eigenvalue weighted by Gasteiger charge is 2.17. The Kier molecular flexibility index (Phi) is 2.98. The first-order valence-corrected chi connectivity index (χ1v) is 4.65. The molecule has 1 amide bonds. The van der Waals surface area contributed by atoms with Gasteiger partial charge < -0.3 is 4.42 Å². The number of rotatable bonds is 3. The maximum absolute atomic E-state index is 11.5. The number of hydrogen-bond donors (Lipinski definition) is 1. The molecule has 0 aliphatic rings. The van der Waals surface area contributed by atoms with Gasteiger partial charge in [-0.25, -0.2) is 10.5 Å². The van der Waals surface area contributed by atoms with E-state index in [1.54, 1.807) is 0 Å². The van der Waals surface area contributed by atoms with Crippen LogP contribution in [0, 0.1) is 0 Å². The molecule has 0 atom stereocenters. The first-order valence-electron chi connectivity index (χ1n) is 4.65. The van der Waals surface area contributed by atoms with Crippen LogP contribution in [-0.2, 0) is 4.84 Å². The van der Waals surface area contributed by atoms with Crippen LogP contribution < -0.4 is 5.48 Å². The van der Waals surface area contributed by atoms with Crippen molar-refractivity contribution in [3.63, 3.8) is 0 Å². The number of nitrogens with zero attached hydrogens (tertiary/aromatic N) is 1. The largest absolute Gasteiger partial charge is 0.443 e. The van der Waals surface area contributed by atoms with Gasteiger partial charge in [-0.2, -0.15) is 0 Å². The van der Waals surface area contributed by atoms with Crippen molar-refractivity contribution >= 4 is 5.91 Å². The van der Waals surface area contributed by atoms with Crippen molar-refractivity contribution in [2.75, 3.05) is 7.11 Å². The lowest BCUT2D eigenvalue weighted by atomic mass is 10.1. The average molecular weight is 218 g/mol. The molecule has 0 fully saturated rings. The van der Waals surface area contributed by atoms with Gasteiger partial charge in [0.15, 0.2) is 17.8 Å². The molecule has 0 aliphatic heterocycles. The smallest absolute Gasteiger partial charge is 0.297 e. The van der Waals surface area contributed by atoms with Crippen molar-refractivity contribution in [2.24, 2.45) is 0 Å². The molecule has 2 rings (SSSR count). The third-order valence-corrected chi connectivity index (χ3v) is 2.01. The lowest BCUT2D eigenvalue weighted by Crippen LogP contribution is -2.22. The summed E-state index contributed by atoms with van der Waals surface area (Å²) in [4.78, 5) is 19.9. The predicted molar refractivity (Wildman–Crippen MR) is 56.4 cm³/mol. The first-order chi connectivity index (χ1) is 7.83. The number of hydroxylamine groups is 1. The molecule has 82 valence electrons. The zero-order chi connectivity index (χ0) is 11.4. The Hall–Kier alpha value is -2.14. The van der Waals surface area contributed by atoms with Gasteiger partial charge in [0.05, 0.1) is 7.11 Å². The van der Waals surface area contributed by atoms with Gasteiger partial charge >= 0.3 is 0 Å². The van der Waals surface area contributed by atoms with Crippen LogP contribution in [0.5, 0.6) is 0 Å². The molecule has 0 spiro atoms. The van der Waals surface area contributed by atoms with Gasteiger partial charge in [0.1, 0.15) is 0 Å². The lowest BCUT2D eigenvalue weighted by molar-refractivity contribution is 0.0533. The molecular formula is C11H10N2O3. The summed E-state index contributed by atoms with van der Waals surface area (Å²) in [6.07, 6.45) is 1.23. The topological polar surface area (TPSA) is 64.4 Å². The second-order valence-electron chi connectivity index (χ2n) is 3.03. The standard InChI is InChI=1S/C11H10N2O3/c1-15-13-11(14)9-10(16-7-12-9)8-5-3-2-4-6-8/h2-7H,1H3,(H,13,14). The normalized spacial score (nSPS) is 10.1. The van der Waals surface area contributed by atoms with Gasteiger partial charge in [-0.1, -0.05) is 30.3 Å². The molecule has 1 aromatic carbocycles. The molecule has 2 aromatic rings. The number of amides is 1. The van der Waals surface area contributed by atoms with Crippen molar-refractivity contribution in [1.82, 2.24) is 10.5 Å². The number of aromatic nitrogens is 1. The number of oxazole rings is 1. The average Bonchev–Trinajstić information content (AvgIpc) is 2.79. The molecule has 0 bridgehead atoms. The first kappa shape index (κ1) is 10.4. The van der Waals surface area contributed by atoms with Crippen molar-refractivity contribution in [3.05, 3.63) is 42.4 Å². The van der Waals surface area contributed by atoms with Crippen LogP contribution in [0.2, 0.25) is 0 Å². The zero-order valence-electron chi connectivity index (χ0n) is 8.64. The van der Waals surface area contributed by atoms with E-state index in [9.17, 15) is 4.79 Å². The Balaban J connectivity index is 2.37. The van der Waals surface area contributed by atoms with Gasteiger partial charge in [0, 0.05) is 5.56 Å². The third-order valence-electron chi connectivity index (χ3n) is 2.01. The summed E-state index contributed by atoms with van der Waals surface area (Å²) in [5, 5.41) is 0. The summed E-state index contributed by atoms with van der Waals surface area (Å²) < 4.78 is 5.19. The molecule has 0 radical (unpaired) electrons. The highest BCUT2D eigenvalue weighted by molar-refractivity contribution is 5.96. The fourth-order valence-electron chi connectivity index (χ4n) is 1.34.